The minimum atomic E-state index is -0.538. The fraction of sp³-hybridized carbons (Fsp3) is 0.423. The highest BCUT2D eigenvalue weighted by Gasteiger charge is 2.29. The van der Waals surface area contributed by atoms with Gasteiger partial charge in [0.05, 0.1) is 37.3 Å². The molecule has 34 heavy (non-hydrogen) atoms. The number of anilines is 2. The molecule has 4 rings (SSSR count). The molecular weight excluding hydrogens is 432 g/mol. The molecule has 1 aromatic carbocycles. The molecule has 1 fully saturated rings. The standard InChI is InChI=1S/C26H32N4O4/c1-26(2,3)16-28-18-13-20-21(29-24(31)17-9-6-5-7-10-17)22(25(32)33-4)30(23(20)27-14-18)15-19-11-8-12-34-19/h5-7,9-10,13-14,19,28H,8,11-12,15-16H2,1-4H3,(H,29,31). The number of carbonyl (C=O) groups is 2. The lowest BCUT2D eigenvalue weighted by molar-refractivity contribution is 0.0580. The molecule has 0 saturated carbocycles. The van der Waals surface area contributed by atoms with Crippen LogP contribution in [0.4, 0.5) is 11.4 Å². The SMILES string of the molecule is COC(=O)c1c(NC(=O)c2ccccc2)c2cc(NCC(C)(C)C)cnc2n1CC1CCCO1. The number of nitrogens with one attached hydrogen (secondary N) is 2. The van der Waals surface area contributed by atoms with Crippen LogP contribution in [-0.2, 0) is 16.0 Å². The molecular formula is C26H32N4O4. The summed E-state index contributed by atoms with van der Waals surface area (Å²) in [6.45, 7) is 8.32. The van der Waals surface area contributed by atoms with E-state index in [0.29, 0.717) is 35.4 Å². The molecule has 1 unspecified atom stereocenters. The van der Waals surface area contributed by atoms with Crippen molar-refractivity contribution in [3.63, 3.8) is 0 Å². The van der Waals surface area contributed by atoms with Gasteiger partial charge in [-0.15, -0.1) is 0 Å². The molecule has 2 N–H and O–H groups in total. The summed E-state index contributed by atoms with van der Waals surface area (Å²) in [4.78, 5) is 30.8. The summed E-state index contributed by atoms with van der Waals surface area (Å²) >= 11 is 0. The van der Waals surface area contributed by atoms with Gasteiger partial charge in [-0.3, -0.25) is 4.79 Å². The minimum Gasteiger partial charge on any atom is -0.464 e. The number of amides is 1. The zero-order valence-electron chi connectivity index (χ0n) is 20.2. The Kier molecular flexibility index (Phi) is 6.88. The Morgan fingerprint density at radius 2 is 2.00 bits per heavy atom. The summed E-state index contributed by atoms with van der Waals surface area (Å²) in [6.07, 6.45) is 3.60. The second kappa shape index (κ2) is 9.85. The highest BCUT2D eigenvalue weighted by molar-refractivity contribution is 6.14. The second-order valence-corrected chi connectivity index (χ2v) is 9.79. The van der Waals surface area contributed by atoms with E-state index in [1.165, 1.54) is 7.11 Å². The molecule has 1 saturated heterocycles. The average Bonchev–Trinajstić information content (AvgIpc) is 3.44. The van der Waals surface area contributed by atoms with Gasteiger partial charge in [0.15, 0.2) is 5.69 Å². The molecule has 3 heterocycles. The maximum absolute atomic E-state index is 13.1. The third kappa shape index (κ3) is 5.22. The Morgan fingerprint density at radius 1 is 1.24 bits per heavy atom. The largest absolute Gasteiger partial charge is 0.464 e. The van der Waals surface area contributed by atoms with Crippen LogP contribution in [0.25, 0.3) is 11.0 Å². The first kappa shape index (κ1) is 23.8. The van der Waals surface area contributed by atoms with Gasteiger partial charge in [-0.25, -0.2) is 9.78 Å². The van der Waals surface area contributed by atoms with Gasteiger partial charge in [-0.2, -0.15) is 0 Å². The molecule has 3 aromatic rings. The molecule has 0 aliphatic carbocycles. The van der Waals surface area contributed by atoms with Crippen molar-refractivity contribution in [2.75, 3.05) is 30.9 Å². The third-order valence-electron chi connectivity index (χ3n) is 5.78. The van der Waals surface area contributed by atoms with Crippen LogP contribution in [-0.4, -0.2) is 47.8 Å². The Balaban J connectivity index is 1.83. The Labute approximate surface area is 199 Å². The second-order valence-electron chi connectivity index (χ2n) is 9.79. The Bertz CT molecular complexity index is 1170. The number of nitrogens with zero attached hydrogens (tertiary/aromatic N) is 2. The first-order valence-corrected chi connectivity index (χ1v) is 11.6. The fourth-order valence-corrected chi connectivity index (χ4v) is 4.07. The normalized spacial score (nSPS) is 15.9. The number of ether oxygens (including phenoxy) is 2. The number of rotatable bonds is 7. The van der Waals surface area contributed by atoms with Crippen LogP contribution in [0.3, 0.4) is 0 Å². The summed E-state index contributed by atoms with van der Waals surface area (Å²) in [5, 5.41) is 7.04. The summed E-state index contributed by atoms with van der Waals surface area (Å²) in [5.41, 5.74) is 2.62. The number of esters is 1. The molecule has 2 aromatic heterocycles. The van der Waals surface area contributed by atoms with E-state index >= 15 is 0 Å². The van der Waals surface area contributed by atoms with Crippen molar-refractivity contribution in [1.29, 1.82) is 0 Å². The van der Waals surface area contributed by atoms with Crippen LogP contribution in [0.1, 0.15) is 54.5 Å². The molecule has 0 spiro atoms. The lowest BCUT2D eigenvalue weighted by Gasteiger charge is -2.19. The molecule has 8 nitrogen and oxygen atoms in total. The summed E-state index contributed by atoms with van der Waals surface area (Å²) in [7, 11) is 1.34. The zero-order chi connectivity index (χ0) is 24.3. The van der Waals surface area contributed by atoms with E-state index in [-0.39, 0.29) is 23.1 Å². The zero-order valence-corrected chi connectivity index (χ0v) is 20.2. The number of pyridine rings is 1. The van der Waals surface area contributed by atoms with Gasteiger partial charge in [0, 0.05) is 24.1 Å². The van der Waals surface area contributed by atoms with Crippen molar-refractivity contribution in [2.45, 2.75) is 46.3 Å². The Hall–Kier alpha value is -3.39. The molecule has 1 amide bonds. The van der Waals surface area contributed by atoms with E-state index in [1.807, 2.05) is 16.7 Å². The van der Waals surface area contributed by atoms with Gasteiger partial charge < -0.3 is 24.7 Å². The van der Waals surface area contributed by atoms with E-state index in [1.54, 1.807) is 30.5 Å². The molecule has 1 aliphatic heterocycles. The lowest BCUT2D eigenvalue weighted by Crippen LogP contribution is -2.21. The van der Waals surface area contributed by atoms with Crippen molar-refractivity contribution in [3.05, 3.63) is 53.9 Å². The van der Waals surface area contributed by atoms with Crippen LogP contribution in [0.15, 0.2) is 42.6 Å². The quantitative estimate of drug-likeness (QED) is 0.492. The predicted octanol–water partition coefficient (Wildman–Crippen LogP) is 4.71. The maximum atomic E-state index is 13.1. The number of hydrogen-bond donors (Lipinski definition) is 2. The number of benzene rings is 1. The van der Waals surface area contributed by atoms with E-state index in [9.17, 15) is 9.59 Å². The van der Waals surface area contributed by atoms with Gasteiger partial charge in [-0.1, -0.05) is 39.0 Å². The molecule has 0 radical (unpaired) electrons. The average molecular weight is 465 g/mol. The summed E-state index contributed by atoms with van der Waals surface area (Å²) < 4.78 is 12.8. The lowest BCUT2D eigenvalue weighted by atomic mass is 9.97. The number of carbonyl (C=O) groups excluding carboxylic acids is 2. The highest BCUT2D eigenvalue weighted by Crippen LogP contribution is 2.34. The van der Waals surface area contributed by atoms with Crippen molar-refractivity contribution in [1.82, 2.24) is 9.55 Å². The van der Waals surface area contributed by atoms with E-state index < -0.39 is 5.97 Å². The van der Waals surface area contributed by atoms with Gasteiger partial charge >= 0.3 is 5.97 Å². The van der Waals surface area contributed by atoms with Crippen molar-refractivity contribution in [2.24, 2.45) is 5.41 Å². The van der Waals surface area contributed by atoms with Crippen LogP contribution >= 0.6 is 0 Å². The molecule has 1 atom stereocenters. The molecule has 180 valence electrons. The van der Waals surface area contributed by atoms with Crippen LogP contribution in [0.5, 0.6) is 0 Å². The molecule has 1 aliphatic rings. The predicted molar refractivity (Wildman–Crippen MR) is 132 cm³/mol. The number of methoxy groups -OCH3 is 1. The van der Waals surface area contributed by atoms with Crippen molar-refractivity contribution >= 4 is 34.3 Å². The van der Waals surface area contributed by atoms with Gasteiger partial charge in [0.1, 0.15) is 5.65 Å². The maximum Gasteiger partial charge on any atom is 0.356 e. The first-order valence-electron chi connectivity index (χ1n) is 11.6. The Morgan fingerprint density at radius 3 is 2.65 bits per heavy atom. The highest BCUT2D eigenvalue weighted by atomic mass is 16.5. The van der Waals surface area contributed by atoms with Gasteiger partial charge in [0.25, 0.3) is 5.91 Å². The van der Waals surface area contributed by atoms with Crippen LogP contribution in [0.2, 0.25) is 0 Å². The monoisotopic (exact) mass is 464 g/mol. The van der Waals surface area contributed by atoms with Gasteiger partial charge in [0.2, 0.25) is 0 Å². The molecule has 8 heteroatoms. The molecule has 0 bridgehead atoms. The van der Waals surface area contributed by atoms with Gasteiger partial charge in [-0.05, 0) is 36.5 Å². The van der Waals surface area contributed by atoms with E-state index in [2.05, 4.69) is 36.4 Å². The van der Waals surface area contributed by atoms with Crippen LogP contribution < -0.4 is 10.6 Å². The van der Waals surface area contributed by atoms with Crippen molar-refractivity contribution < 1.29 is 19.1 Å². The van der Waals surface area contributed by atoms with E-state index in [4.69, 9.17) is 9.47 Å². The fourth-order valence-electron chi connectivity index (χ4n) is 4.07. The summed E-state index contributed by atoms with van der Waals surface area (Å²) in [6, 6.07) is 10.8. The summed E-state index contributed by atoms with van der Waals surface area (Å²) in [5.74, 6) is -0.849. The smallest absolute Gasteiger partial charge is 0.356 e. The topological polar surface area (TPSA) is 94.5 Å². The number of fused-ring (bicyclic) bond motifs is 1. The van der Waals surface area contributed by atoms with Crippen LogP contribution in [0, 0.1) is 5.41 Å². The third-order valence-corrected chi connectivity index (χ3v) is 5.78. The number of hydrogen-bond acceptors (Lipinski definition) is 6. The first-order chi connectivity index (χ1) is 16.3. The minimum absolute atomic E-state index is 0.0304. The van der Waals surface area contributed by atoms with Crippen molar-refractivity contribution in [3.8, 4) is 0 Å². The van der Waals surface area contributed by atoms with E-state index in [0.717, 1.165) is 25.1 Å². The number of aromatic nitrogens is 2.